The highest BCUT2D eigenvalue weighted by Crippen LogP contribution is 2.62. The van der Waals surface area contributed by atoms with Gasteiger partial charge in [0.05, 0.1) is 13.2 Å². The van der Waals surface area contributed by atoms with Gasteiger partial charge in [0.2, 0.25) is 5.78 Å². The summed E-state index contributed by atoms with van der Waals surface area (Å²) in [5.74, 6) is -1.57. The smallest absolute Gasteiger partial charge is 0.304 e. The number of halogens is 2. The lowest BCUT2D eigenvalue weighted by atomic mass is 10.1. The fraction of sp³-hybridized carbons (Fsp3) is 0.417. The monoisotopic (exact) mass is 292 g/mol. The van der Waals surface area contributed by atoms with Crippen molar-refractivity contribution in [2.24, 2.45) is 0 Å². The number of ketones is 1. The predicted octanol–water partition coefficient (Wildman–Crippen LogP) is 3.73. The normalized spacial score (nSPS) is 12.4. The Bertz CT molecular complexity index is 466. The van der Waals surface area contributed by atoms with E-state index in [1.807, 2.05) is 0 Å². The second-order valence-corrected chi connectivity index (χ2v) is 5.64. The van der Waals surface area contributed by atoms with E-state index in [4.69, 9.17) is 0 Å². The van der Waals surface area contributed by atoms with Gasteiger partial charge in [0.25, 0.3) is 0 Å². The van der Waals surface area contributed by atoms with Crippen LogP contribution in [-0.4, -0.2) is 24.7 Å². The van der Waals surface area contributed by atoms with E-state index in [9.17, 15) is 18.1 Å². The van der Waals surface area contributed by atoms with Crippen molar-refractivity contribution in [2.45, 2.75) is 19.5 Å². The van der Waals surface area contributed by atoms with Gasteiger partial charge in [-0.05, 0) is 13.8 Å². The van der Waals surface area contributed by atoms with Crippen LogP contribution in [0.4, 0.5) is 8.78 Å². The lowest BCUT2D eigenvalue weighted by Crippen LogP contribution is -2.30. The summed E-state index contributed by atoms with van der Waals surface area (Å²) in [6, 6.07) is 6.90. The Balaban J connectivity index is 3.13. The molecule has 0 radical (unpaired) electrons. The van der Waals surface area contributed by atoms with Gasteiger partial charge in [-0.3, -0.25) is 9.36 Å². The summed E-state index contributed by atoms with van der Waals surface area (Å²) in [4.78, 5) is 11.8. The molecule has 7 heteroatoms. The van der Waals surface area contributed by atoms with Gasteiger partial charge >= 0.3 is 13.3 Å². The number of alkyl halides is 2. The Morgan fingerprint density at radius 3 is 2.05 bits per heavy atom. The third-order valence-corrected chi connectivity index (χ3v) is 4.34. The maximum atomic E-state index is 14.1. The molecular formula is C12H15F2O4P. The van der Waals surface area contributed by atoms with Crippen LogP contribution >= 0.6 is 7.60 Å². The van der Waals surface area contributed by atoms with Gasteiger partial charge in [-0.25, -0.2) is 0 Å². The van der Waals surface area contributed by atoms with Crippen LogP contribution in [0, 0.1) is 0 Å². The minimum absolute atomic E-state index is 0.241. The average Bonchev–Trinajstić information content (AvgIpc) is 2.39. The minimum atomic E-state index is -4.83. The molecule has 0 aliphatic rings. The maximum absolute atomic E-state index is 14.1. The van der Waals surface area contributed by atoms with Gasteiger partial charge in [0, 0.05) is 5.56 Å². The maximum Gasteiger partial charge on any atom is 0.408 e. The van der Waals surface area contributed by atoms with Gasteiger partial charge in [0.15, 0.2) is 0 Å². The summed E-state index contributed by atoms with van der Waals surface area (Å²) in [6.07, 6.45) is 0. The molecule has 4 nitrogen and oxygen atoms in total. The van der Waals surface area contributed by atoms with Crippen LogP contribution in [0.15, 0.2) is 30.3 Å². The van der Waals surface area contributed by atoms with Crippen LogP contribution in [0.25, 0.3) is 0 Å². The summed E-state index contributed by atoms with van der Waals surface area (Å²) in [5, 5.41) is 0. The van der Waals surface area contributed by atoms with Crippen molar-refractivity contribution < 1.29 is 27.2 Å². The first kappa shape index (κ1) is 16.0. The number of carbonyl (C=O) groups excluding carboxylic acids is 1. The Kier molecular flexibility index (Phi) is 5.35. The van der Waals surface area contributed by atoms with Crippen LogP contribution in [0.5, 0.6) is 0 Å². The standard InChI is InChI=1S/C12H15F2O4P/c1-3-17-19(16,18-4-2)12(13,14)11(15)10-8-6-5-7-9-10/h5-9H,3-4H2,1-2H3. The summed E-state index contributed by atoms with van der Waals surface area (Å²) < 4.78 is 49.2. The number of carbonyl (C=O) groups is 1. The minimum Gasteiger partial charge on any atom is -0.304 e. The third kappa shape index (κ3) is 3.26. The molecule has 106 valence electrons. The molecule has 0 saturated heterocycles. The van der Waals surface area contributed by atoms with Crippen LogP contribution in [0.1, 0.15) is 24.2 Å². The molecule has 0 heterocycles. The first-order valence-electron chi connectivity index (χ1n) is 5.76. The van der Waals surface area contributed by atoms with E-state index in [-0.39, 0.29) is 18.8 Å². The lowest BCUT2D eigenvalue weighted by Gasteiger charge is -2.24. The van der Waals surface area contributed by atoms with Crippen molar-refractivity contribution in [3.8, 4) is 0 Å². The van der Waals surface area contributed by atoms with E-state index < -0.39 is 19.0 Å². The molecule has 0 aliphatic carbocycles. The molecule has 0 fully saturated rings. The molecule has 0 spiro atoms. The van der Waals surface area contributed by atoms with Gasteiger partial charge in [-0.2, -0.15) is 8.78 Å². The van der Waals surface area contributed by atoms with Crippen molar-refractivity contribution in [3.05, 3.63) is 35.9 Å². The molecule has 0 aliphatic heterocycles. The predicted molar refractivity (Wildman–Crippen MR) is 66.6 cm³/mol. The molecule has 0 bridgehead atoms. The van der Waals surface area contributed by atoms with E-state index in [1.54, 1.807) is 6.07 Å². The zero-order valence-electron chi connectivity index (χ0n) is 10.6. The van der Waals surface area contributed by atoms with E-state index >= 15 is 0 Å². The Morgan fingerprint density at radius 1 is 1.16 bits per heavy atom. The highest BCUT2D eigenvalue weighted by molar-refractivity contribution is 7.56. The van der Waals surface area contributed by atoms with Crippen molar-refractivity contribution in [3.63, 3.8) is 0 Å². The molecule has 0 saturated carbocycles. The van der Waals surface area contributed by atoms with E-state index in [2.05, 4.69) is 9.05 Å². The number of hydrogen-bond donors (Lipinski definition) is 0. The molecule has 1 rings (SSSR count). The molecule has 0 unspecified atom stereocenters. The van der Waals surface area contributed by atoms with Crippen LogP contribution < -0.4 is 0 Å². The molecular weight excluding hydrogens is 277 g/mol. The second kappa shape index (κ2) is 6.37. The fourth-order valence-electron chi connectivity index (χ4n) is 1.43. The molecule has 0 amide bonds. The van der Waals surface area contributed by atoms with Gasteiger partial charge in [-0.15, -0.1) is 0 Å². The molecule has 1 aromatic rings. The molecule has 0 aromatic heterocycles. The van der Waals surface area contributed by atoms with Crippen molar-refractivity contribution in [1.82, 2.24) is 0 Å². The zero-order chi connectivity index (χ0) is 14.5. The summed E-state index contributed by atoms with van der Waals surface area (Å²) >= 11 is 0. The average molecular weight is 292 g/mol. The van der Waals surface area contributed by atoms with Crippen molar-refractivity contribution in [1.29, 1.82) is 0 Å². The largest absolute Gasteiger partial charge is 0.408 e. The van der Waals surface area contributed by atoms with E-state index in [0.717, 1.165) is 0 Å². The van der Waals surface area contributed by atoms with Crippen molar-refractivity contribution in [2.75, 3.05) is 13.2 Å². The third-order valence-electron chi connectivity index (χ3n) is 2.25. The number of hydrogen-bond acceptors (Lipinski definition) is 4. The lowest BCUT2D eigenvalue weighted by molar-refractivity contribution is 0.0322. The van der Waals surface area contributed by atoms with Gasteiger partial charge in [-0.1, -0.05) is 30.3 Å². The van der Waals surface area contributed by atoms with E-state index in [1.165, 1.54) is 38.1 Å². The summed E-state index contributed by atoms with van der Waals surface area (Å²) in [5.41, 5.74) is -4.45. The fourth-order valence-corrected chi connectivity index (χ4v) is 2.88. The summed E-state index contributed by atoms with van der Waals surface area (Å²) in [6.45, 7) is 2.31. The SMILES string of the molecule is CCOP(=O)(OCC)C(F)(F)C(=O)c1ccccc1. The first-order chi connectivity index (χ1) is 8.89. The van der Waals surface area contributed by atoms with Crippen LogP contribution in [-0.2, 0) is 13.6 Å². The van der Waals surface area contributed by atoms with Gasteiger partial charge in [0.1, 0.15) is 0 Å². The highest BCUT2D eigenvalue weighted by atomic mass is 31.2. The Hall–Kier alpha value is -1.10. The van der Waals surface area contributed by atoms with Crippen LogP contribution in [0.3, 0.4) is 0 Å². The van der Waals surface area contributed by atoms with Crippen molar-refractivity contribution >= 4 is 13.4 Å². The molecule has 19 heavy (non-hydrogen) atoms. The highest BCUT2D eigenvalue weighted by Gasteiger charge is 2.59. The van der Waals surface area contributed by atoms with E-state index in [0.29, 0.717) is 0 Å². The van der Waals surface area contributed by atoms with Gasteiger partial charge < -0.3 is 9.05 Å². The zero-order valence-corrected chi connectivity index (χ0v) is 11.5. The number of Topliss-reactive ketones (excluding diaryl/α,β-unsaturated/α-hetero) is 1. The second-order valence-electron chi connectivity index (χ2n) is 3.57. The number of rotatable bonds is 7. The Morgan fingerprint density at radius 2 is 1.63 bits per heavy atom. The topological polar surface area (TPSA) is 52.6 Å². The number of benzene rings is 1. The first-order valence-corrected chi connectivity index (χ1v) is 7.30. The molecule has 0 N–H and O–H groups in total. The molecule has 1 aromatic carbocycles. The molecule has 0 atom stereocenters. The summed E-state index contributed by atoms with van der Waals surface area (Å²) in [7, 11) is -4.83. The quantitative estimate of drug-likeness (QED) is 0.567. The van der Waals surface area contributed by atoms with Crippen LogP contribution in [0.2, 0.25) is 0 Å². The Labute approximate surface area is 110 Å².